The van der Waals surface area contributed by atoms with Crippen molar-refractivity contribution in [3.8, 4) is 11.5 Å². The fourth-order valence-corrected chi connectivity index (χ4v) is 5.07. The van der Waals surface area contributed by atoms with E-state index < -0.39 is 0 Å². The summed E-state index contributed by atoms with van der Waals surface area (Å²) in [6, 6.07) is 5.95. The number of fused-ring (bicyclic) bond motifs is 1. The molecule has 2 aliphatic heterocycles. The molecule has 2 bridgehead atoms. The maximum Gasteiger partial charge on any atom is 0.494 e. The normalized spacial score (nSPS) is 40.3. The third kappa shape index (κ3) is 1.51. The Bertz CT molecular complexity index is 646. The first-order valence-electron chi connectivity index (χ1n) is 8.21. The van der Waals surface area contributed by atoms with Gasteiger partial charge in [0.05, 0.1) is 11.7 Å². The molecular formula is C17H21BO4. The highest BCUT2D eigenvalue weighted by Crippen LogP contribution is 2.65. The molecule has 1 saturated heterocycles. The van der Waals surface area contributed by atoms with E-state index in [1.54, 1.807) is 0 Å². The lowest BCUT2D eigenvalue weighted by Gasteiger charge is -2.64. The Morgan fingerprint density at radius 2 is 1.91 bits per heavy atom. The lowest BCUT2D eigenvalue weighted by molar-refractivity contribution is -0.199. The molecule has 0 radical (unpaired) electrons. The van der Waals surface area contributed by atoms with Crippen molar-refractivity contribution in [2.45, 2.75) is 45.3 Å². The Hall–Kier alpha value is -1.20. The number of ether oxygens (including phenoxy) is 2. The van der Waals surface area contributed by atoms with Crippen LogP contribution in [-0.4, -0.2) is 25.6 Å². The Kier molecular flexibility index (Phi) is 2.42. The summed E-state index contributed by atoms with van der Waals surface area (Å²) in [5.41, 5.74) is 1.23. The Morgan fingerprint density at radius 3 is 2.73 bits per heavy atom. The number of rotatable bonds is 1. The summed E-state index contributed by atoms with van der Waals surface area (Å²) in [6.07, 6.45) is 2.60. The van der Waals surface area contributed by atoms with Gasteiger partial charge in [0.1, 0.15) is 0 Å². The van der Waals surface area contributed by atoms with E-state index >= 15 is 0 Å². The maximum absolute atomic E-state index is 6.47. The fraction of sp³-hybridized carbons (Fsp3) is 0.647. The molecule has 2 unspecified atom stereocenters. The molecule has 116 valence electrons. The van der Waals surface area contributed by atoms with Crippen molar-refractivity contribution in [3.05, 3.63) is 18.2 Å². The number of hydrogen-bond donors (Lipinski definition) is 0. The molecule has 0 amide bonds. The minimum Gasteiger partial charge on any atom is -0.454 e. The highest BCUT2D eigenvalue weighted by Gasteiger charge is 2.68. The molecule has 1 aromatic rings. The first-order valence-corrected chi connectivity index (χ1v) is 8.21. The molecule has 2 heterocycles. The van der Waals surface area contributed by atoms with E-state index in [-0.39, 0.29) is 18.8 Å². The SMILES string of the molecule is CC1(C)C2CC1[C@@]1(C)OB(c3ccc4c(c3)OCO4)O[C@H]1C2. The highest BCUT2D eigenvalue weighted by atomic mass is 16.7. The van der Waals surface area contributed by atoms with E-state index in [2.05, 4.69) is 20.8 Å². The van der Waals surface area contributed by atoms with Gasteiger partial charge in [-0.3, -0.25) is 0 Å². The van der Waals surface area contributed by atoms with E-state index in [0.29, 0.717) is 18.1 Å². The van der Waals surface area contributed by atoms with Gasteiger partial charge in [-0.1, -0.05) is 19.9 Å². The van der Waals surface area contributed by atoms with Crippen molar-refractivity contribution < 1.29 is 18.8 Å². The Morgan fingerprint density at radius 1 is 1.09 bits per heavy atom. The smallest absolute Gasteiger partial charge is 0.454 e. The molecule has 0 spiro atoms. The molecule has 5 heteroatoms. The first-order chi connectivity index (χ1) is 10.5. The van der Waals surface area contributed by atoms with Gasteiger partial charge in [0.2, 0.25) is 6.79 Å². The summed E-state index contributed by atoms with van der Waals surface area (Å²) in [5, 5.41) is 0. The van der Waals surface area contributed by atoms with E-state index in [1.807, 2.05) is 18.2 Å². The van der Waals surface area contributed by atoms with Crippen LogP contribution in [0.5, 0.6) is 11.5 Å². The third-order valence-corrected chi connectivity index (χ3v) is 6.62. The van der Waals surface area contributed by atoms with E-state index in [0.717, 1.165) is 29.3 Å². The summed E-state index contributed by atoms with van der Waals surface area (Å²) in [5.74, 6) is 2.94. The molecule has 3 aliphatic carbocycles. The second-order valence-electron chi connectivity index (χ2n) is 7.91. The topological polar surface area (TPSA) is 36.9 Å². The van der Waals surface area contributed by atoms with Crippen LogP contribution >= 0.6 is 0 Å². The van der Waals surface area contributed by atoms with Crippen LogP contribution in [0.25, 0.3) is 0 Å². The molecule has 4 nitrogen and oxygen atoms in total. The molecule has 4 fully saturated rings. The molecular weight excluding hydrogens is 279 g/mol. The van der Waals surface area contributed by atoms with E-state index in [9.17, 15) is 0 Å². The second kappa shape index (κ2) is 4.01. The van der Waals surface area contributed by atoms with Crippen LogP contribution < -0.4 is 14.9 Å². The van der Waals surface area contributed by atoms with Crippen LogP contribution in [0, 0.1) is 17.3 Å². The van der Waals surface area contributed by atoms with Crippen LogP contribution in [0.3, 0.4) is 0 Å². The van der Waals surface area contributed by atoms with Gasteiger partial charge in [0.25, 0.3) is 0 Å². The number of benzene rings is 1. The van der Waals surface area contributed by atoms with Crippen molar-refractivity contribution in [3.63, 3.8) is 0 Å². The quantitative estimate of drug-likeness (QED) is 0.746. The van der Waals surface area contributed by atoms with Gasteiger partial charge in [-0.05, 0) is 54.6 Å². The molecule has 4 atom stereocenters. The predicted octanol–water partition coefficient (Wildman–Crippen LogP) is 2.35. The van der Waals surface area contributed by atoms with Crippen molar-refractivity contribution in [2.75, 3.05) is 6.79 Å². The molecule has 6 rings (SSSR count). The van der Waals surface area contributed by atoms with Gasteiger partial charge in [-0.15, -0.1) is 0 Å². The molecule has 0 N–H and O–H groups in total. The summed E-state index contributed by atoms with van der Waals surface area (Å²) < 4.78 is 23.6. The molecule has 1 aromatic carbocycles. The van der Waals surface area contributed by atoms with E-state index in [1.165, 1.54) is 6.42 Å². The van der Waals surface area contributed by atoms with Crippen molar-refractivity contribution in [2.24, 2.45) is 17.3 Å². The molecule has 0 aromatic heterocycles. The van der Waals surface area contributed by atoms with Crippen molar-refractivity contribution in [1.82, 2.24) is 0 Å². The first kappa shape index (κ1) is 13.3. The van der Waals surface area contributed by atoms with Crippen LogP contribution in [0.4, 0.5) is 0 Å². The summed E-state index contributed by atoms with van der Waals surface area (Å²) in [4.78, 5) is 0. The van der Waals surface area contributed by atoms with Crippen molar-refractivity contribution >= 4 is 12.6 Å². The summed E-state index contributed by atoms with van der Waals surface area (Å²) >= 11 is 0. The van der Waals surface area contributed by atoms with Gasteiger partial charge in [0.15, 0.2) is 11.5 Å². The van der Waals surface area contributed by atoms with Crippen LogP contribution in [0.15, 0.2) is 18.2 Å². The molecule has 5 aliphatic rings. The largest absolute Gasteiger partial charge is 0.494 e. The monoisotopic (exact) mass is 300 g/mol. The fourth-order valence-electron chi connectivity index (χ4n) is 5.07. The average Bonchev–Trinajstić information content (AvgIpc) is 3.08. The lowest BCUT2D eigenvalue weighted by atomic mass is 9.43. The molecule has 3 saturated carbocycles. The van der Waals surface area contributed by atoms with Gasteiger partial charge < -0.3 is 18.8 Å². The zero-order chi connectivity index (χ0) is 15.1. The van der Waals surface area contributed by atoms with Crippen LogP contribution in [0.2, 0.25) is 0 Å². The zero-order valence-corrected chi connectivity index (χ0v) is 13.3. The maximum atomic E-state index is 6.47. The highest BCUT2D eigenvalue weighted by molar-refractivity contribution is 6.62. The van der Waals surface area contributed by atoms with Crippen LogP contribution in [-0.2, 0) is 9.31 Å². The van der Waals surface area contributed by atoms with Gasteiger partial charge >= 0.3 is 7.12 Å². The second-order valence-corrected chi connectivity index (χ2v) is 7.91. The average molecular weight is 300 g/mol. The Balaban J connectivity index is 1.45. The van der Waals surface area contributed by atoms with Crippen molar-refractivity contribution in [1.29, 1.82) is 0 Å². The van der Waals surface area contributed by atoms with Gasteiger partial charge in [-0.25, -0.2) is 0 Å². The predicted molar refractivity (Wildman–Crippen MR) is 82.3 cm³/mol. The van der Waals surface area contributed by atoms with Gasteiger partial charge in [0, 0.05) is 0 Å². The summed E-state index contributed by atoms with van der Waals surface area (Å²) in [7, 11) is -0.292. The standard InChI is InChI=1S/C17H21BO4/c1-16(2)10-6-14(16)17(3)15(7-10)21-18(22-17)11-4-5-12-13(8-11)20-9-19-12/h4-5,8,10,14-15H,6-7,9H2,1-3H3/t10?,14?,15-,17+/m0/s1. The lowest BCUT2D eigenvalue weighted by Crippen LogP contribution is -2.65. The summed E-state index contributed by atoms with van der Waals surface area (Å²) in [6.45, 7) is 7.30. The third-order valence-electron chi connectivity index (χ3n) is 6.62. The Labute approximate surface area is 131 Å². The van der Waals surface area contributed by atoms with Gasteiger partial charge in [-0.2, -0.15) is 0 Å². The van der Waals surface area contributed by atoms with E-state index in [4.69, 9.17) is 18.8 Å². The van der Waals surface area contributed by atoms with Crippen LogP contribution in [0.1, 0.15) is 33.6 Å². The minimum absolute atomic E-state index is 0.167. The zero-order valence-electron chi connectivity index (χ0n) is 13.3. The molecule has 22 heavy (non-hydrogen) atoms. The number of hydrogen-bond acceptors (Lipinski definition) is 4. The minimum atomic E-state index is -0.292.